The van der Waals surface area contributed by atoms with Crippen molar-refractivity contribution in [1.29, 1.82) is 0 Å². The normalized spacial score (nSPS) is 14.5. The quantitative estimate of drug-likeness (QED) is 0.474. The molecular weight excluding hydrogens is 424 g/mol. The van der Waals surface area contributed by atoms with Crippen LogP contribution >= 0.6 is 0 Å². The van der Waals surface area contributed by atoms with Crippen LogP contribution in [0.2, 0.25) is 0 Å². The van der Waals surface area contributed by atoms with Crippen LogP contribution in [0, 0.1) is 33.6 Å². The number of carbonyl (C=O) groups excluding carboxylic acids is 1. The van der Waals surface area contributed by atoms with Gasteiger partial charge in [-0.3, -0.25) is 4.79 Å². The van der Waals surface area contributed by atoms with Crippen molar-refractivity contribution >= 4 is 28.3 Å². The number of para-hydroxylation sites is 1. The zero-order valence-electron chi connectivity index (χ0n) is 20.2. The lowest BCUT2D eigenvalue weighted by Crippen LogP contribution is -2.39. The molecule has 3 heterocycles. The van der Waals surface area contributed by atoms with Crippen LogP contribution in [0.15, 0.2) is 48.5 Å². The maximum atomic E-state index is 13.0. The fraction of sp³-hybridized carbons (Fsp3) is 0.333. The van der Waals surface area contributed by atoms with E-state index < -0.39 is 0 Å². The monoisotopic (exact) mass is 454 g/mol. The van der Waals surface area contributed by atoms with E-state index >= 15 is 0 Å². The van der Waals surface area contributed by atoms with Crippen LogP contribution in [0.4, 0.5) is 11.5 Å². The van der Waals surface area contributed by atoms with E-state index in [1.54, 1.807) is 0 Å². The zero-order chi connectivity index (χ0) is 23.8. The molecule has 1 aliphatic heterocycles. The number of anilines is 2. The summed E-state index contributed by atoms with van der Waals surface area (Å²) in [6.45, 7) is 9.61. The molecule has 2 aromatic carbocycles. The molecule has 1 amide bonds. The lowest BCUT2D eigenvalue weighted by molar-refractivity contribution is -0.120. The number of piperidine rings is 1. The Hall–Kier alpha value is -3.74. The Morgan fingerprint density at radius 3 is 2.44 bits per heavy atom. The van der Waals surface area contributed by atoms with E-state index in [1.807, 2.05) is 55.8 Å². The largest absolute Gasteiger partial charge is 0.353 e. The summed E-state index contributed by atoms with van der Waals surface area (Å²) in [5.74, 6) is 0.873. The minimum atomic E-state index is -0.0197. The highest BCUT2D eigenvalue weighted by atomic mass is 16.1. The van der Waals surface area contributed by atoms with Crippen molar-refractivity contribution in [2.75, 3.05) is 23.3 Å². The highest BCUT2D eigenvalue weighted by Crippen LogP contribution is 2.32. The average Bonchev–Trinajstić information content (AvgIpc) is 3.20. The first-order valence-corrected chi connectivity index (χ1v) is 11.8. The van der Waals surface area contributed by atoms with Crippen molar-refractivity contribution in [1.82, 2.24) is 20.0 Å². The van der Waals surface area contributed by atoms with Crippen LogP contribution in [0.25, 0.3) is 16.6 Å². The van der Waals surface area contributed by atoms with E-state index in [2.05, 4.69) is 45.5 Å². The Morgan fingerprint density at radius 1 is 0.971 bits per heavy atom. The third-order valence-corrected chi connectivity index (χ3v) is 6.80. The highest BCUT2D eigenvalue weighted by Gasteiger charge is 2.28. The van der Waals surface area contributed by atoms with Gasteiger partial charge in [-0.25, -0.2) is 4.68 Å². The van der Waals surface area contributed by atoms with Crippen LogP contribution in [0.1, 0.15) is 35.4 Å². The second kappa shape index (κ2) is 8.89. The number of hydrogen-bond donors (Lipinski definition) is 1. The van der Waals surface area contributed by atoms with E-state index in [-0.39, 0.29) is 11.8 Å². The first kappa shape index (κ1) is 22.1. The van der Waals surface area contributed by atoms with Gasteiger partial charge in [0.15, 0.2) is 5.82 Å². The van der Waals surface area contributed by atoms with Crippen LogP contribution in [-0.4, -0.2) is 39.0 Å². The molecule has 0 radical (unpaired) electrons. The molecule has 0 unspecified atom stereocenters. The Balaban J connectivity index is 1.36. The molecule has 0 spiro atoms. The van der Waals surface area contributed by atoms with Gasteiger partial charge in [0.1, 0.15) is 5.52 Å². The molecule has 34 heavy (non-hydrogen) atoms. The maximum Gasteiger partial charge on any atom is 0.227 e. The molecule has 0 bridgehead atoms. The second-order valence-electron chi connectivity index (χ2n) is 9.23. The summed E-state index contributed by atoms with van der Waals surface area (Å²) in [6.07, 6.45) is 1.54. The van der Waals surface area contributed by atoms with Gasteiger partial charge in [-0.05, 0) is 69.9 Å². The van der Waals surface area contributed by atoms with Gasteiger partial charge in [0.05, 0.1) is 22.5 Å². The Bertz CT molecular complexity index is 1350. The van der Waals surface area contributed by atoms with Crippen molar-refractivity contribution in [3.63, 3.8) is 0 Å². The SMILES string of the molecule is Cc1ccc(C)c(NC(=O)C2CCN(c3nnc(C)c4c(C)n(-c5ccccc5)nc34)CC2)c1. The molecule has 7 nitrogen and oxygen atoms in total. The van der Waals surface area contributed by atoms with Crippen LogP contribution < -0.4 is 10.2 Å². The standard InChI is InChI=1S/C27H30N6O/c1-17-10-11-18(2)23(16-17)28-27(34)21-12-14-32(15-13-21)26-25-24(19(3)29-30-26)20(4)33(31-25)22-8-6-5-7-9-22/h5-11,16,21H,12-15H2,1-4H3,(H,28,34). The summed E-state index contributed by atoms with van der Waals surface area (Å²) in [7, 11) is 0. The fourth-order valence-electron chi connectivity index (χ4n) is 4.80. The van der Waals surface area contributed by atoms with E-state index in [4.69, 9.17) is 5.10 Å². The summed E-state index contributed by atoms with van der Waals surface area (Å²) >= 11 is 0. The fourth-order valence-corrected chi connectivity index (χ4v) is 4.80. The van der Waals surface area contributed by atoms with Gasteiger partial charge < -0.3 is 10.2 Å². The van der Waals surface area contributed by atoms with Crippen molar-refractivity contribution in [2.45, 2.75) is 40.5 Å². The summed E-state index contributed by atoms with van der Waals surface area (Å²) in [6, 6.07) is 16.3. The smallest absolute Gasteiger partial charge is 0.227 e. The highest BCUT2D eigenvalue weighted by molar-refractivity contribution is 5.94. The predicted molar refractivity (Wildman–Crippen MR) is 136 cm³/mol. The number of amides is 1. The molecule has 0 aliphatic carbocycles. The number of rotatable bonds is 4. The van der Waals surface area contributed by atoms with E-state index in [0.29, 0.717) is 0 Å². The van der Waals surface area contributed by atoms with Gasteiger partial charge in [-0.15, -0.1) is 5.10 Å². The molecule has 0 saturated carbocycles. The molecule has 2 aromatic heterocycles. The zero-order valence-corrected chi connectivity index (χ0v) is 20.2. The van der Waals surface area contributed by atoms with E-state index in [9.17, 15) is 4.79 Å². The number of fused-ring (bicyclic) bond motifs is 1. The molecule has 1 N–H and O–H groups in total. The first-order valence-electron chi connectivity index (χ1n) is 11.8. The lowest BCUT2D eigenvalue weighted by atomic mass is 9.95. The maximum absolute atomic E-state index is 13.0. The van der Waals surface area contributed by atoms with Crippen molar-refractivity contribution < 1.29 is 4.79 Å². The van der Waals surface area contributed by atoms with Gasteiger partial charge in [0.25, 0.3) is 0 Å². The third-order valence-electron chi connectivity index (χ3n) is 6.80. The number of benzene rings is 2. The number of aromatic nitrogens is 4. The van der Waals surface area contributed by atoms with Gasteiger partial charge in [-0.2, -0.15) is 10.2 Å². The molecule has 0 atom stereocenters. The summed E-state index contributed by atoms with van der Waals surface area (Å²) in [4.78, 5) is 15.2. The topological polar surface area (TPSA) is 75.9 Å². The molecule has 1 fully saturated rings. The number of hydrogen-bond acceptors (Lipinski definition) is 5. The molecular formula is C27H30N6O. The minimum Gasteiger partial charge on any atom is -0.353 e. The number of nitrogens with zero attached hydrogens (tertiary/aromatic N) is 5. The Morgan fingerprint density at radius 2 is 1.71 bits per heavy atom. The van der Waals surface area contributed by atoms with Gasteiger partial charge in [0, 0.05) is 24.7 Å². The lowest BCUT2D eigenvalue weighted by Gasteiger charge is -2.32. The Kier molecular flexibility index (Phi) is 5.77. The number of aryl methyl sites for hydroxylation is 4. The van der Waals surface area contributed by atoms with Crippen molar-refractivity contribution in [3.05, 3.63) is 71.0 Å². The van der Waals surface area contributed by atoms with Crippen molar-refractivity contribution in [3.8, 4) is 5.69 Å². The van der Waals surface area contributed by atoms with Gasteiger partial charge in [-0.1, -0.05) is 30.3 Å². The molecule has 5 rings (SSSR count). The second-order valence-corrected chi connectivity index (χ2v) is 9.23. The molecule has 1 aliphatic rings. The van der Waals surface area contributed by atoms with Crippen molar-refractivity contribution in [2.24, 2.45) is 5.92 Å². The van der Waals surface area contributed by atoms with E-state index in [1.165, 1.54) is 0 Å². The third kappa shape index (κ3) is 4.02. The minimum absolute atomic E-state index is 0.0197. The number of carbonyl (C=O) groups is 1. The van der Waals surface area contributed by atoms with E-state index in [0.717, 1.165) is 76.5 Å². The molecule has 174 valence electrons. The summed E-state index contributed by atoms with van der Waals surface area (Å²) < 4.78 is 1.97. The predicted octanol–water partition coefficient (Wildman–Crippen LogP) is 4.90. The summed E-state index contributed by atoms with van der Waals surface area (Å²) in [5, 5.41) is 18.1. The number of nitrogens with one attached hydrogen (secondary N) is 1. The molecule has 4 aromatic rings. The van der Waals surface area contributed by atoms with Gasteiger partial charge >= 0.3 is 0 Å². The molecule has 7 heteroatoms. The molecule has 1 saturated heterocycles. The average molecular weight is 455 g/mol. The summed E-state index contributed by atoms with van der Waals surface area (Å²) in [5.41, 5.74) is 6.94. The van der Waals surface area contributed by atoms with Crippen LogP contribution in [-0.2, 0) is 4.79 Å². The Labute approximate surface area is 199 Å². The van der Waals surface area contributed by atoms with Crippen LogP contribution in [0.5, 0.6) is 0 Å². The van der Waals surface area contributed by atoms with Gasteiger partial charge in [0.2, 0.25) is 5.91 Å². The first-order chi connectivity index (χ1) is 16.4. The van der Waals surface area contributed by atoms with Crippen LogP contribution in [0.3, 0.4) is 0 Å².